The fraction of sp³-hybridized carbons (Fsp3) is 0.579. The summed E-state index contributed by atoms with van der Waals surface area (Å²) in [7, 11) is 1.79. The highest BCUT2D eigenvalue weighted by Gasteiger charge is 2.24. The highest BCUT2D eigenvalue weighted by atomic mass is 16.5. The number of fused-ring (bicyclic) bond motifs is 1. The molecule has 2 aliphatic rings. The van der Waals surface area contributed by atoms with E-state index < -0.39 is 0 Å². The number of methoxy groups -OCH3 is 1. The Hall–Kier alpha value is -1.88. The lowest BCUT2D eigenvalue weighted by Gasteiger charge is -2.31. The SMILES string of the molecule is COc1cc2c(cc1CN1CCC(c3n[nH]c(C)n3)CC1)CCC2. The molecule has 24 heavy (non-hydrogen) atoms. The summed E-state index contributed by atoms with van der Waals surface area (Å²) in [5.41, 5.74) is 4.34. The molecule has 5 nitrogen and oxygen atoms in total. The highest BCUT2D eigenvalue weighted by molar-refractivity contribution is 5.44. The Morgan fingerprint density at radius 3 is 2.62 bits per heavy atom. The maximum atomic E-state index is 5.65. The van der Waals surface area contributed by atoms with E-state index >= 15 is 0 Å². The van der Waals surface area contributed by atoms with Crippen LogP contribution in [0.4, 0.5) is 0 Å². The van der Waals surface area contributed by atoms with Crippen molar-refractivity contribution in [3.63, 3.8) is 0 Å². The maximum absolute atomic E-state index is 5.65. The topological polar surface area (TPSA) is 54.0 Å². The summed E-state index contributed by atoms with van der Waals surface area (Å²) in [6.07, 6.45) is 5.96. The molecule has 2 heterocycles. The Labute approximate surface area is 143 Å². The van der Waals surface area contributed by atoms with Crippen LogP contribution in [-0.2, 0) is 19.4 Å². The minimum Gasteiger partial charge on any atom is -0.496 e. The summed E-state index contributed by atoms with van der Waals surface area (Å²) in [6.45, 7) is 5.14. The average Bonchev–Trinajstić information content (AvgIpc) is 3.23. The molecule has 4 rings (SSSR count). The number of hydrogen-bond donors (Lipinski definition) is 1. The quantitative estimate of drug-likeness (QED) is 0.938. The van der Waals surface area contributed by atoms with Crippen molar-refractivity contribution in [2.45, 2.75) is 51.5 Å². The molecule has 1 N–H and O–H groups in total. The molecule has 1 aromatic heterocycles. The third kappa shape index (κ3) is 3.05. The summed E-state index contributed by atoms with van der Waals surface area (Å²) in [5.74, 6) is 3.45. The molecule has 0 unspecified atom stereocenters. The van der Waals surface area contributed by atoms with Crippen molar-refractivity contribution >= 4 is 0 Å². The summed E-state index contributed by atoms with van der Waals surface area (Å²) in [6, 6.07) is 4.65. The van der Waals surface area contributed by atoms with Gasteiger partial charge in [-0.3, -0.25) is 10.00 Å². The molecule has 0 amide bonds. The van der Waals surface area contributed by atoms with Gasteiger partial charge in [-0.15, -0.1) is 0 Å². The van der Waals surface area contributed by atoms with Gasteiger partial charge in [0.15, 0.2) is 5.82 Å². The zero-order valence-electron chi connectivity index (χ0n) is 14.6. The van der Waals surface area contributed by atoms with E-state index in [9.17, 15) is 0 Å². The number of aromatic amines is 1. The van der Waals surface area contributed by atoms with Crippen molar-refractivity contribution in [3.8, 4) is 5.75 Å². The molecule has 0 saturated carbocycles. The first-order chi connectivity index (χ1) is 11.7. The van der Waals surface area contributed by atoms with Gasteiger partial charge in [0.1, 0.15) is 11.6 Å². The van der Waals surface area contributed by atoms with E-state index in [1.165, 1.54) is 36.0 Å². The molecule has 128 valence electrons. The van der Waals surface area contributed by atoms with Crippen molar-refractivity contribution in [1.82, 2.24) is 20.1 Å². The van der Waals surface area contributed by atoms with Gasteiger partial charge in [-0.2, -0.15) is 5.10 Å². The summed E-state index contributed by atoms with van der Waals surface area (Å²) in [4.78, 5) is 7.04. The molecule has 1 fully saturated rings. The number of rotatable bonds is 4. The van der Waals surface area contributed by atoms with Crippen LogP contribution < -0.4 is 4.74 Å². The molecule has 1 aliphatic carbocycles. The fourth-order valence-electron chi connectivity index (χ4n) is 4.10. The monoisotopic (exact) mass is 326 g/mol. The zero-order valence-corrected chi connectivity index (χ0v) is 14.6. The Morgan fingerprint density at radius 2 is 1.96 bits per heavy atom. The molecule has 0 radical (unpaired) electrons. The van der Waals surface area contributed by atoms with Gasteiger partial charge in [-0.05, 0) is 69.3 Å². The van der Waals surface area contributed by atoms with Gasteiger partial charge in [0.25, 0.3) is 0 Å². The van der Waals surface area contributed by atoms with Crippen molar-refractivity contribution in [2.24, 2.45) is 0 Å². The van der Waals surface area contributed by atoms with Crippen LogP contribution in [0.5, 0.6) is 5.75 Å². The predicted molar refractivity (Wildman–Crippen MR) is 93.4 cm³/mol. The second-order valence-corrected chi connectivity index (χ2v) is 7.12. The zero-order chi connectivity index (χ0) is 16.5. The summed E-state index contributed by atoms with van der Waals surface area (Å²) in [5, 5.41) is 7.31. The van der Waals surface area contributed by atoms with Gasteiger partial charge in [0.05, 0.1) is 7.11 Å². The van der Waals surface area contributed by atoms with Gasteiger partial charge in [0, 0.05) is 18.0 Å². The van der Waals surface area contributed by atoms with E-state index in [0.717, 1.165) is 49.9 Å². The predicted octanol–water partition coefficient (Wildman–Crippen LogP) is 2.99. The lowest BCUT2D eigenvalue weighted by molar-refractivity contribution is 0.199. The van der Waals surface area contributed by atoms with Crippen LogP contribution in [0, 0.1) is 6.92 Å². The van der Waals surface area contributed by atoms with E-state index in [1.807, 2.05) is 6.92 Å². The molecule has 1 saturated heterocycles. The van der Waals surface area contributed by atoms with Crippen molar-refractivity contribution in [1.29, 1.82) is 0 Å². The lowest BCUT2D eigenvalue weighted by atomic mass is 9.95. The number of hydrogen-bond acceptors (Lipinski definition) is 4. The molecule has 0 atom stereocenters. The first kappa shape index (κ1) is 15.6. The Kier molecular flexibility index (Phi) is 4.27. The van der Waals surface area contributed by atoms with Crippen LogP contribution in [0.3, 0.4) is 0 Å². The number of likely N-dealkylation sites (tertiary alicyclic amines) is 1. The van der Waals surface area contributed by atoms with Crippen LogP contribution in [0.1, 0.15) is 53.5 Å². The van der Waals surface area contributed by atoms with E-state index in [2.05, 4.69) is 32.2 Å². The number of aryl methyl sites for hydroxylation is 3. The van der Waals surface area contributed by atoms with Gasteiger partial charge in [-0.25, -0.2) is 4.98 Å². The number of aromatic nitrogens is 3. The fourth-order valence-corrected chi connectivity index (χ4v) is 4.10. The number of nitrogens with zero attached hydrogens (tertiary/aromatic N) is 3. The number of H-pyrrole nitrogens is 1. The molecule has 5 heteroatoms. The molecule has 0 spiro atoms. The standard InChI is InChI=1S/C19H26N4O/c1-13-20-19(22-21-13)14-6-8-23(9-7-14)12-17-10-15-4-3-5-16(15)11-18(17)24-2/h10-11,14H,3-9,12H2,1-2H3,(H,20,21,22). The van der Waals surface area contributed by atoms with Gasteiger partial charge in [0.2, 0.25) is 0 Å². The molecule has 2 aromatic rings. The third-order valence-corrected chi connectivity index (χ3v) is 5.46. The second kappa shape index (κ2) is 6.55. The number of benzene rings is 1. The van der Waals surface area contributed by atoms with E-state index in [4.69, 9.17) is 4.74 Å². The summed E-state index contributed by atoms with van der Waals surface area (Å²) < 4.78 is 5.65. The Bertz CT molecular complexity index is 716. The van der Waals surface area contributed by atoms with E-state index in [-0.39, 0.29) is 0 Å². The Balaban J connectivity index is 1.42. The Morgan fingerprint density at radius 1 is 1.21 bits per heavy atom. The number of ether oxygens (including phenoxy) is 1. The minimum absolute atomic E-state index is 0.494. The highest BCUT2D eigenvalue weighted by Crippen LogP contribution is 2.32. The van der Waals surface area contributed by atoms with Gasteiger partial charge >= 0.3 is 0 Å². The molecular formula is C19H26N4O. The van der Waals surface area contributed by atoms with Crippen LogP contribution in [0.25, 0.3) is 0 Å². The first-order valence-electron chi connectivity index (χ1n) is 9.03. The molecule has 1 aromatic carbocycles. The molecule has 0 bridgehead atoms. The number of nitrogens with one attached hydrogen (secondary N) is 1. The molecule has 1 aliphatic heterocycles. The largest absolute Gasteiger partial charge is 0.496 e. The van der Waals surface area contributed by atoms with Crippen molar-refractivity contribution in [3.05, 3.63) is 40.5 Å². The third-order valence-electron chi connectivity index (χ3n) is 5.46. The average molecular weight is 326 g/mol. The van der Waals surface area contributed by atoms with Gasteiger partial charge in [-0.1, -0.05) is 6.07 Å². The van der Waals surface area contributed by atoms with Gasteiger partial charge < -0.3 is 4.74 Å². The van der Waals surface area contributed by atoms with Crippen molar-refractivity contribution < 1.29 is 4.74 Å². The van der Waals surface area contributed by atoms with Crippen LogP contribution >= 0.6 is 0 Å². The van der Waals surface area contributed by atoms with E-state index in [1.54, 1.807) is 7.11 Å². The van der Waals surface area contributed by atoms with Crippen LogP contribution in [-0.4, -0.2) is 40.3 Å². The maximum Gasteiger partial charge on any atom is 0.153 e. The summed E-state index contributed by atoms with van der Waals surface area (Å²) >= 11 is 0. The smallest absolute Gasteiger partial charge is 0.153 e. The first-order valence-corrected chi connectivity index (χ1v) is 9.03. The van der Waals surface area contributed by atoms with Crippen LogP contribution in [0.15, 0.2) is 12.1 Å². The van der Waals surface area contributed by atoms with Crippen LogP contribution in [0.2, 0.25) is 0 Å². The second-order valence-electron chi connectivity index (χ2n) is 7.12. The number of piperidine rings is 1. The van der Waals surface area contributed by atoms with Crippen molar-refractivity contribution in [2.75, 3.05) is 20.2 Å². The lowest BCUT2D eigenvalue weighted by Crippen LogP contribution is -2.33. The minimum atomic E-state index is 0.494. The molecular weight excluding hydrogens is 300 g/mol. The normalized spacial score (nSPS) is 18.8. The van der Waals surface area contributed by atoms with E-state index in [0.29, 0.717) is 5.92 Å².